The van der Waals surface area contributed by atoms with Gasteiger partial charge in [-0.2, -0.15) is 0 Å². The van der Waals surface area contributed by atoms with Crippen molar-refractivity contribution in [1.82, 2.24) is 5.32 Å². The van der Waals surface area contributed by atoms with Gasteiger partial charge in [0.1, 0.15) is 5.75 Å². The van der Waals surface area contributed by atoms with Gasteiger partial charge in [0, 0.05) is 15.7 Å². The van der Waals surface area contributed by atoms with E-state index < -0.39 is 10.0 Å². The summed E-state index contributed by atoms with van der Waals surface area (Å²) in [5, 5.41) is 3.97. The van der Waals surface area contributed by atoms with E-state index >= 15 is 0 Å². The van der Waals surface area contributed by atoms with E-state index in [0.29, 0.717) is 21.5 Å². The predicted octanol–water partition coefficient (Wildman–Crippen LogP) is 5.05. The van der Waals surface area contributed by atoms with E-state index in [0.717, 1.165) is 5.56 Å². The lowest BCUT2D eigenvalue weighted by atomic mass is 10.1. The maximum atomic E-state index is 12.5. The van der Waals surface area contributed by atoms with Crippen LogP contribution in [0.3, 0.4) is 0 Å². The minimum absolute atomic E-state index is 0.0654. The first-order valence-electron chi connectivity index (χ1n) is 9.29. The van der Waals surface area contributed by atoms with Gasteiger partial charge in [0.05, 0.1) is 10.9 Å². The van der Waals surface area contributed by atoms with E-state index in [2.05, 4.69) is 10.0 Å². The highest BCUT2D eigenvalue weighted by atomic mass is 35.5. The summed E-state index contributed by atoms with van der Waals surface area (Å²) in [6.07, 6.45) is 0. The number of ether oxygens (including phenoxy) is 1. The van der Waals surface area contributed by atoms with Gasteiger partial charge < -0.3 is 10.1 Å². The summed E-state index contributed by atoms with van der Waals surface area (Å²) in [5.74, 6) is 0.0725. The lowest BCUT2D eigenvalue weighted by Gasteiger charge is -2.15. The van der Waals surface area contributed by atoms with Crippen molar-refractivity contribution < 1.29 is 17.9 Å². The molecule has 0 bridgehead atoms. The number of amides is 1. The summed E-state index contributed by atoms with van der Waals surface area (Å²) in [7, 11) is -3.76. The number of hydrogen-bond acceptors (Lipinski definition) is 4. The minimum atomic E-state index is -3.76. The first-order valence-corrected chi connectivity index (χ1v) is 11.5. The molecule has 0 spiro atoms. The molecule has 31 heavy (non-hydrogen) atoms. The van der Waals surface area contributed by atoms with Crippen molar-refractivity contribution in [2.24, 2.45) is 0 Å². The monoisotopic (exact) mass is 478 g/mol. The summed E-state index contributed by atoms with van der Waals surface area (Å²) >= 11 is 11.7. The van der Waals surface area contributed by atoms with E-state index in [1.165, 1.54) is 24.3 Å². The van der Waals surface area contributed by atoms with Crippen molar-refractivity contribution in [2.45, 2.75) is 17.9 Å². The van der Waals surface area contributed by atoms with Crippen LogP contribution in [0.2, 0.25) is 10.0 Å². The second-order valence-corrected chi connectivity index (χ2v) is 9.27. The molecule has 3 rings (SSSR count). The normalized spacial score (nSPS) is 12.1. The Morgan fingerprint density at radius 3 is 2.03 bits per heavy atom. The van der Waals surface area contributed by atoms with Crippen LogP contribution in [0.1, 0.15) is 18.5 Å². The van der Waals surface area contributed by atoms with E-state index in [1.54, 1.807) is 36.4 Å². The van der Waals surface area contributed by atoms with Crippen LogP contribution in [0, 0.1) is 0 Å². The molecule has 0 saturated carbocycles. The predicted molar refractivity (Wildman–Crippen MR) is 122 cm³/mol. The van der Waals surface area contributed by atoms with Crippen LogP contribution in [0.4, 0.5) is 5.69 Å². The number of hydrogen-bond donors (Lipinski definition) is 2. The Kier molecular flexibility index (Phi) is 7.43. The Morgan fingerprint density at radius 2 is 1.45 bits per heavy atom. The van der Waals surface area contributed by atoms with Gasteiger partial charge in [-0.25, -0.2) is 8.42 Å². The fourth-order valence-electron chi connectivity index (χ4n) is 2.71. The summed E-state index contributed by atoms with van der Waals surface area (Å²) in [6.45, 7) is 1.65. The summed E-state index contributed by atoms with van der Waals surface area (Å²) in [4.78, 5) is 12.2. The number of benzene rings is 3. The Hall–Kier alpha value is -2.74. The SMILES string of the molecule is C[C@H](NC(=O)COc1ccc(S(=O)(=O)Nc2ccc(Cl)cc2)cc1)c1ccc(Cl)cc1. The lowest BCUT2D eigenvalue weighted by molar-refractivity contribution is -0.123. The quantitative estimate of drug-likeness (QED) is 0.474. The van der Waals surface area contributed by atoms with Crippen molar-refractivity contribution >= 4 is 44.8 Å². The molecular weight excluding hydrogens is 459 g/mol. The number of carbonyl (C=O) groups is 1. The Labute approximate surface area is 191 Å². The Balaban J connectivity index is 1.54. The summed E-state index contributed by atoms with van der Waals surface area (Å²) in [6, 6.07) is 19.1. The van der Waals surface area contributed by atoms with Gasteiger partial charge in [0.2, 0.25) is 0 Å². The van der Waals surface area contributed by atoms with Crippen LogP contribution in [-0.4, -0.2) is 20.9 Å². The van der Waals surface area contributed by atoms with Crippen LogP contribution in [0.5, 0.6) is 5.75 Å². The first kappa shape index (κ1) is 22.9. The van der Waals surface area contributed by atoms with E-state index in [-0.39, 0.29) is 23.5 Å². The third-order valence-corrected chi connectivity index (χ3v) is 6.25. The summed E-state index contributed by atoms with van der Waals surface area (Å²) in [5.41, 5.74) is 1.32. The molecule has 3 aromatic rings. The molecule has 6 nitrogen and oxygen atoms in total. The van der Waals surface area contributed by atoms with Crippen molar-refractivity contribution in [3.63, 3.8) is 0 Å². The van der Waals surface area contributed by atoms with E-state index in [1.807, 2.05) is 19.1 Å². The van der Waals surface area contributed by atoms with Crippen LogP contribution in [-0.2, 0) is 14.8 Å². The molecule has 0 aliphatic carbocycles. The number of anilines is 1. The Bertz CT molecular complexity index is 1130. The molecule has 2 N–H and O–H groups in total. The molecule has 0 aromatic heterocycles. The van der Waals surface area contributed by atoms with Crippen LogP contribution >= 0.6 is 23.2 Å². The molecule has 9 heteroatoms. The van der Waals surface area contributed by atoms with Crippen molar-refractivity contribution in [2.75, 3.05) is 11.3 Å². The second-order valence-electron chi connectivity index (χ2n) is 6.71. The third-order valence-electron chi connectivity index (χ3n) is 4.35. The first-order chi connectivity index (χ1) is 14.7. The molecule has 162 valence electrons. The zero-order valence-electron chi connectivity index (χ0n) is 16.5. The average molecular weight is 479 g/mol. The molecule has 1 amide bonds. The van der Waals surface area contributed by atoms with Crippen LogP contribution in [0.25, 0.3) is 0 Å². The maximum Gasteiger partial charge on any atom is 0.261 e. The molecule has 0 saturated heterocycles. The topological polar surface area (TPSA) is 84.5 Å². The van der Waals surface area contributed by atoms with E-state index in [4.69, 9.17) is 27.9 Å². The smallest absolute Gasteiger partial charge is 0.261 e. The van der Waals surface area contributed by atoms with Gasteiger partial charge >= 0.3 is 0 Å². The van der Waals surface area contributed by atoms with Gasteiger partial charge in [-0.1, -0.05) is 35.3 Å². The average Bonchev–Trinajstić information content (AvgIpc) is 2.74. The fourth-order valence-corrected chi connectivity index (χ4v) is 4.02. The highest BCUT2D eigenvalue weighted by molar-refractivity contribution is 7.92. The molecule has 3 aromatic carbocycles. The molecule has 1 atom stereocenters. The zero-order valence-corrected chi connectivity index (χ0v) is 18.8. The molecule has 0 radical (unpaired) electrons. The minimum Gasteiger partial charge on any atom is -0.484 e. The van der Waals surface area contributed by atoms with Gasteiger partial charge in [-0.15, -0.1) is 0 Å². The number of rotatable bonds is 8. The molecule has 0 aliphatic heterocycles. The molecule has 0 heterocycles. The number of nitrogens with one attached hydrogen (secondary N) is 2. The molecule has 0 fully saturated rings. The third kappa shape index (κ3) is 6.62. The second kappa shape index (κ2) is 10.0. The molecular formula is C22H20Cl2N2O4S. The highest BCUT2D eigenvalue weighted by Gasteiger charge is 2.15. The Morgan fingerprint density at radius 1 is 0.903 bits per heavy atom. The van der Waals surface area contributed by atoms with Gasteiger partial charge in [0.15, 0.2) is 6.61 Å². The van der Waals surface area contributed by atoms with Gasteiger partial charge in [-0.3, -0.25) is 9.52 Å². The molecule has 0 unspecified atom stereocenters. The van der Waals surface area contributed by atoms with Crippen molar-refractivity contribution in [3.05, 3.63) is 88.4 Å². The van der Waals surface area contributed by atoms with Crippen molar-refractivity contribution in [1.29, 1.82) is 0 Å². The fraction of sp³-hybridized carbons (Fsp3) is 0.136. The lowest BCUT2D eigenvalue weighted by Crippen LogP contribution is -2.31. The number of halogens is 2. The molecule has 0 aliphatic rings. The highest BCUT2D eigenvalue weighted by Crippen LogP contribution is 2.21. The van der Waals surface area contributed by atoms with E-state index in [9.17, 15) is 13.2 Å². The van der Waals surface area contributed by atoms with Gasteiger partial charge in [-0.05, 0) is 73.2 Å². The summed E-state index contributed by atoms with van der Waals surface area (Å²) < 4.78 is 32.9. The standard InChI is InChI=1S/C22H20Cl2N2O4S/c1-15(16-2-4-17(23)5-3-16)25-22(27)14-30-20-10-12-21(13-11-20)31(28,29)26-19-8-6-18(24)7-9-19/h2-13,15,26H,14H2,1H3,(H,25,27)/t15-/m0/s1. The number of carbonyl (C=O) groups excluding carboxylic acids is 1. The van der Waals surface area contributed by atoms with Gasteiger partial charge in [0.25, 0.3) is 15.9 Å². The van der Waals surface area contributed by atoms with Crippen LogP contribution in [0.15, 0.2) is 77.7 Å². The largest absolute Gasteiger partial charge is 0.484 e. The van der Waals surface area contributed by atoms with Crippen molar-refractivity contribution in [3.8, 4) is 5.75 Å². The number of sulfonamides is 1. The van der Waals surface area contributed by atoms with Crippen LogP contribution < -0.4 is 14.8 Å². The zero-order chi connectivity index (χ0) is 22.4. The maximum absolute atomic E-state index is 12.5.